The number of nitrogens with zero attached hydrogens (tertiary/aromatic N) is 1. The van der Waals surface area contributed by atoms with Gasteiger partial charge in [0, 0.05) is 10.7 Å². The van der Waals surface area contributed by atoms with E-state index in [1.165, 1.54) is 0 Å². The van der Waals surface area contributed by atoms with Crippen LogP contribution in [0.3, 0.4) is 0 Å². The Morgan fingerprint density at radius 2 is 1.82 bits per heavy atom. The second-order valence-electron chi connectivity index (χ2n) is 7.82. The molecule has 148 valence electrons. The van der Waals surface area contributed by atoms with Crippen LogP contribution in [0.5, 0.6) is 0 Å². The number of rotatable bonds is 5. The Morgan fingerprint density at radius 3 is 2.43 bits per heavy atom. The molecule has 1 saturated heterocycles. The number of carbonyl (C=O) groups is 4. The molecule has 7 nitrogen and oxygen atoms in total. The molecule has 4 atom stereocenters. The number of esters is 1. The maximum absolute atomic E-state index is 12.6. The van der Waals surface area contributed by atoms with E-state index in [4.69, 9.17) is 16.3 Å². The van der Waals surface area contributed by atoms with Gasteiger partial charge < -0.3 is 10.1 Å². The number of imide groups is 1. The molecule has 2 bridgehead atoms. The van der Waals surface area contributed by atoms with Crippen LogP contribution < -0.4 is 5.32 Å². The molecule has 8 heteroatoms. The van der Waals surface area contributed by atoms with E-state index in [0.29, 0.717) is 10.7 Å². The molecule has 0 radical (unpaired) electrons. The lowest BCUT2D eigenvalue weighted by molar-refractivity contribution is -0.154. The minimum atomic E-state index is -0.772. The normalized spacial score (nSPS) is 27.9. The van der Waals surface area contributed by atoms with Gasteiger partial charge in [0.25, 0.3) is 5.91 Å². The van der Waals surface area contributed by atoms with Crippen molar-refractivity contribution < 1.29 is 23.9 Å². The summed E-state index contributed by atoms with van der Waals surface area (Å²) in [5.74, 6) is -1.84. The highest BCUT2D eigenvalue weighted by molar-refractivity contribution is 6.31. The van der Waals surface area contributed by atoms with Crippen LogP contribution in [-0.2, 0) is 23.9 Å². The number of amides is 3. The minimum absolute atomic E-state index is 0.264. The molecule has 3 amide bonds. The summed E-state index contributed by atoms with van der Waals surface area (Å²) in [7, 11) is 0. The summed E-state index contributed by atoms with van der Waals surface area (Å²) in [6.07, 6.45) is 2.90. The zero-order chi connectivity index (χ0) is 20.0. The third kappa shape index (κ3) is 3.28. The van der Waals surface area contributed by atoms with Crippen LogP contribution >= 0.6 is 11.6 Å². The van der Waals surface area contributed by atoms with E-state index in [-0.39, 0.29) is 35.5 Å². The predicted molar refractivity (Wildman–Crippen MR) is 100 cm³/mol. The Hall–Kier alpha value is -2.41. The van der Waals surface area contributed by atoms with Gasteiger partial charge in [0.05, 0.1) is 11.8 Å². The van der Waals surface area contributed by atoms with E-state index in [2.05, 4.69) is 5.32 Å². The number of likely N-dealkylation sites (tertiary alicyclic amines) is 1. The third-order valence-corrected chi connectivity index (χ3v) is 6.53. The summed E-state index contributed by atoms with van der Waals surface area (Å²) in [4.78, 5) is 50.2. The quantitative estimate of drug-likeness (QED) is 0.599. The summed E-state index contributed by atoms with van der Waals surface area (Å²) in [6, 6.07) is 5.05. The lowest BCUT2D eigenvalue weighted by Gasteiger charge is -2.19. The Kier molecular flexibility index (Phi) is 4.87. The number of carbonyl (C=O) groups excluding carboxylic acids is 4. The van der Waals surface area contributed by atoms with Crippen molar-refractivity contribution in [2.45, 2.75) is 26.2 Å². The average molecular weight is 405 g/mol. The minimum Gasteiger partial charge on any atom is -0.454 e. The summed E-state index contributed by atoms with van der Waals surface area (Å²) in [6.45, 7) is 0.905. The fourth-order valence-corrected chi connectivity index (χ4v) is 5.00. The van der Waals surface area contributed by atoms with Crippen LogP contribution in [0.15, 0.2) is 18.2 Å². The number of hydrogen-bond acceptors (Lipinski definition) is 5. The van der Waals surface area contributed by atoms with E-state index in [1.54, 1.807) is 18.2 Å². The van der Waals surface area contributed by atoms with Crippen molar-refractivity contribution >= 4 is 41.0 Å². The molecule has 0 unspecified atom stereocenters. The lowest BCUT2D eigenvalue weighted by Crippen LogP contribution is -2.38. The topological polar surface area (TPSA) is 92.8 Å². The summed E-state index contributed by atoms with van der Waals surface area (Å²) in [5.41, 5.74) is 1.37. The molecule has 3 fully saturated rings. The van der Waals surface area contributed by atoms with Crippen molar-refractivity contribution in [2.24, 2.45) is 23.7 Å². The predicted octanol–water partition coefficient (Wildman–Crippen LogP) is 2.16. The van der Waals surface area contributed by atoms with E-state index < -0.39 is 25.0 Å². The van der Waals surface area contributed by atoms with Gasteiger partial charge in [-0.1, -0.05) is 17.7 Å². The highest BCUT2D eigenvalue weighted by Gasteiger charge is 2.61. The smallest absolute Gasteiger partial charge is 0.326 e. The number of nitrogens with one attached hydrogen (secondary N) is 1. The Balaban J connectivity index is 1.29. The first-order valence-corrected chi connectivity index (χ1v) is 9.80. The fraction of sp³-hybridized carbons (Fsp3) is 0.500. The van der Waals surface area contributed by atoms with Crippen molar-refractivity contribution in [1.82, 2.24) is 4.90 Å². The molecule has 1 heterocycles. The van der Waals surface area contributed by atoms with Gasteiger partial charge in [-0.05, 0) is 55.7 Å². The monoisotopic (exact) mass is 404 g/mol. The van der Waals surface area contributed by atoms with Crippen LogP contribution in [0.4, 0.5) is 5.69 Å². The number of hydrogen-bond donors (Lipinski definition) is 1. The molecular formula is C20H21ClN2O5. The van der Waals surface area contributed by atoms with E-state index >= 15 is 0 Å². The highest BCUT2D eigenvalue weighted by atomic mass is 35.5. The average Bonchev–Trinajstić information content (AvgIpc) is 3.33. The Morgan fingerprint density at radius 1 is 1.18 bits per heavy atom. The molecule has 2 aliphatic carbocycles. The molecule has 0 spiro atoms. The van der Waals surface area contributed by atoms with Crippen molar-refractivity contribution in [3.8, 4) is 0 Å². The second-order valence-corrected chi connectivity index (χ2v) is 8.23. The van der Waals surface area contributed by atoms with E-state index in [1.807, 2.05) is 6.92 Å². The Labute approximate surface area is 167 Å². The van der Waals surface area contributed by atoms with Crippen molar-refractivity contribution in [1.29, 1.82) is 0 Å². The van der Waals surface area contributed by atoms with Crippen LogP contribution in [0, 0.1) is 30.6 Å². The number of fused-ring (bicyclic) bond motifs is 5. The molecule has 1 aliphatic heterocycles. The van der Waals surface area contributed by atoms with Gasteiger partial charge in [0.2, 0.25) is 11.8 Å². The number of aryl methyl sites for hydroxylation is 1. The van der Waals surface area contributed by atoms with Gasteiger partial charge in [-0.15, -0.1) is 0 Å². The van der Waals surface area contributed by atoms with Gasteiger partial charge in [0.15, 0.2) is 6.61 Å². The molecule has 28 heavy (non-hydrogen) atoms. The van der Waals surface area contributed by atoms with Crippen LogP contribution in [-0.4, -0.2) is 41.7 Å². The molecule has 2 saturated carbocycles. The second kappa shape index (κ2) is 7.20. The van der Waals surface area contributed by atoms with Crippen molar-refractivity contribution in [3.05, 3.63) is 28.8 Å². The lowest BCUT2D eigenvalue weighted by atomic mass is 9.81. The molecule has 1 aromatic rings. The maximum atomic E-state index is 12.6. The third-order valence-electron chi connectivity index (χ3n) is 6.13. The number of halogens is 1. The van der Waals surface area contributed by atoms with Gasteiger partial charge in [0.1, 0.15) is 6.54 Å². The first-order chi connectivity index (χ1) is 13.3. The summed E-state index contributed by atoms with van der Waals surface area (Å²) < 4.78 is 4.95. The molecule has 1 aromatic carbocycles. The fourth-order valence-electron chi connectivity index (χ4n) is 4.81. The zero-order valence-electron chi connectivity index (χ0n) is 15.4. The molecule has 4 rings (SSSR count). The molecule has 0 aromatic heterocycles. The summed E-state index contributed by atoms with van der Waals surface area (Å²) >= 11 is 6.01. The molecular weight excluding hydrogens is 384 g/mol. The maximum Gasteiger partial charge on any atom is 0.326 e. The van der Waals surface area contributed by atoms with Gasteiger partial charge in [-0.3, -0.25) is 24.1 Å². The van der Waals surface area contributed by atoms with Gasteiger partial charge in [-0.2, -0.15) is 0 Å². The number of ether oxygens (including phenoxy) is 1. The van der Waals surface area contributed by atoms with Gasteiger partial charge >= 0.3 is 5.97 Å². The van der Waals surface area contributed by atoms with E-state index in [0.717, 1.165) is 29.7 Å². The number of anilines is 1. The van der Waals surface area contributed by atoms with Crippen LogP contribution in [0.1, 0.15) is 24.8 Å². The summed E-state index contributed by atoms with van der Waals surface area (Å²) in [5, 5.41) is 3.09. The first kappa shape index (κ1) is 18.9. The zero-order valence-corrected chi connectivity index (χ0v) is 16.2. The van der Waals surface area contributed by atoms with Crippen LogP contribution in [0.25, 0.3) is 0 Å². The van der Waals surface area contributed by atoms with E-state index in [9.17, 15) is 19.2 Å². The first-order valence-electron chi connectivity index (χ1n) is 9.42. The largest absolute Gasteiger partial charge is 0.454 e. The molecule has 3 aliphatic rings. The van der Waals surface area contributed by atoms with Crippen LogP contribution in [0.2, 0.25) is 5.02 Å². The van der Waals surface area contributed by atoms with Crippen molar-refractivity contribution in [2.75, 3.05) is 18.5 Å². The number of benzene rings is 1. The SMILES string of the molecule is Cc1ccc(NC(=O)COC(=O)CN2C(=O)[C@@H]3[C@@H]4CC[C@@H](C4)[C@@H]3C2=O)cc1Cl. The van der Waals surface area contributed by atoms with Gasteiger partial charge in [-0.25, -0.2) is 0 Å². The highest BCUT2D eigenvalue weighted by Crippen LogP contribution is 2.56. The Bertz CT molecular complexity index is 842. The van der Waals surface area contributed by atoms with Crippen molar-refractivity contribution in [3.63, 3.8) is 0 Å². The standard InChI is InChI=1S/C20H21ClN2O5/c1-10-2-5-13(7-14(10)21)22-15(24)9-28-16(25)8-23-19(26)17-11-3-4-12(6-11)18(17)20(23)27/h2,5,7,11-12,17-18H,3-4,6,8-9H2,1H3,(H,22,24)/t11-,12+,17-,18+. The molecule has 1 N–H and O–H groups in total.